The molecule has 12 heteroatoms. The minimum atomic E-state index is -4.14. The Kier molecular flexibility index (Phi) is 4.11. The van der Waals surface area contributed by atoms with Crippen LogP contribution in [-0.2, 0) is 28.9 Å². The van der Waals surface area contributed by atoms with Gasteiger partial charge in [-0.25, -0.2) is 13.1 Å². The molecule has 2 rings (SSSR count). The number of halogens is 1. The summed E-state index contributed by atoms with van der Waals surface area (Å²) in [6, 6.07) is -1.47. The number of hydrogen-bond acceptors (Lipinski definition) is 6. The van der Waals surface area contributed by atoms with Gasteiger partial charge in [-0.05, 0) is 15.9 Å². The average Bonchev–Trinajstić information content (AvgIpc) is 2.93. The predicted molar refractivity (Wildman–Crippen MR) is 72.6 cm³/mol. The van der Waals surface area contributed by atoms with E-state index in [0.29, 0.717) is 0 Å². The van der Waals surface area contributed by atoms with Crippen LogP contribution in [-0.4, -0.2) is 44.3 Å². The van der Waals surface area contributed by atoms with Gasteiger partial charge >= 0.3 is 5.97 Å². The summed E-state index contributed by atoms with van der Waals surface area (Å²) in [5.74, 6) is -1.35. The van der Waals surface area contributed by atoms with Crippen LogP contribution in [0.1, 0.15) is 11.6 Å². The summed E-state index contributed by atoms with van der Waals surface area (Å²) in [6.07, 6.45) is 2.69. The Morgan fingerprint density at radius 1 is 1.48 bits per heavy atom. The Morgan fingerprint density at radius 3 is 2.57 bits per heavy atom. The van der Waals surface area contributed by atoms with Crippen LogP contribution in [0.5, 0.6) is 0 Å². The summed E-state index contributed by atoms with van der Waals surface area (Å²) < 4.78 is 29.1. The number of hydrogen-bond donors (Lipinski definition) is 2. The zero-order valence-corrected chi connectivity index (χ0v) is 13.3. The molecule has 0 aliphatic carbocycles. The molecule has 21 heavy (non-hydrogen) atoms. The minimum absolute atomic E-state index is 0.00664. The lowest BCUT2D eigenvalue weighted by molar-refractivity contribution is -0.139. The monoisotopic (exact) mass is 378 g/mol. The second kappa shape index (κ2) is 5.54. The van der Waals surface area contributed by atoms with Crippen LogP contribution in [0.3, 0.4) is 0 Å². The van der Waals surface area contributed by atoms with E-state index < -0.39 is 22.0 Å². The molecule has 0 saturated carbocycles. The van der Waals surface area contributed by atoms with E-state index in [1.165, 1.54) is 24.1 Å². The number of aromatic nitrogens is 5. The molecule has 0 bridgehead atoms. The molecule has 0 radical (unpaired) electrons. The van der Waals surface area contributed by atoms with E-state index in [4.69, 9.17) is 0 Å². The fraction of sp³-hybridized carbons (Fsp3) is 0.333. The smallest absolute Gasteiger partial charge is 0.326 e. The fourth-order valence-electron chi connectivity index (χ4n) is 1.67. The molecule has 2 aromatic heterocycles. The molecule has 0 aliphatic heterocycles. The average molecular weight is 379 g/mol. The first-order chi connectivity index (χ1) is 9.72. The minimum Gasteiger partial charge on any atom is -0.480 e. The van der Waals surface area contributed by atoms with Gasteiger partial charge in [0.2, 0.25) is 5.03 Å². The number of carboxylic acid groups (broad SMARTS) is 1. The van der Waals surface area contributed by atoms with Gasteiger partial charge in [0.05, 0.1) is 6.20 Å². The van der Waals surface area contributed by atoms with Crippen LogP contribution in [0.15, 0.2) is 22.0 Å². The van der Waals surface area contributed by atoms with Gasteiger partial charge in [0.1, 0.15) is 6.04 Å². The van der Waals surface area contributed by atoms with Crippen molar-refractivity contribution in [3.8, 4) is 0 Å². The molecule has 0 saturated heterocycles. The zero-order chi connectivity index (χ0) is 15.8. The Morgan fingerprint density at radius 2 is 2.14 bits per heavy atom. The highest BCUT2D eigenvalue weighted by molar-refractivity contribution is 9.10. The third-order valence-corrected chi connectivity index (χ3v) is 4.88. The lowest BCUT2D eigenvalue weighted by Gasteiger charge is -2.13. The number of carboxylic acids is 1. The van der Waals surface area contributed by atoms with Crippen LogP contribution < -0.4 is 4.72 Å². The second-order valence-electron chi connectivity index (χ2n) is 4.15. The standard InChI is InChI=1S/C9H11BrN6O4S/c1-15-4-5(3-11-15)6(9(17)18)13-21(19,20)8-7(10)12-14-16(8)2/h3-4,6,13H,1-2H3,(H,17,18). The number of rotatable bonds is 5. The van der Waals surface area contributed by atoms with Crippen LogP contribution in [0.2, 0.25) is 0 Å². The third kappa shape index (κ3) is 3.11. The zero-order valence-electron chi connectivity index (χ0n) is 10.9. The Balaban J connectivity index is 2.39. The summed E-state index contributed by atoms with van der Waals surface area (Å²) >= 11 is 2.96. The van der Waals surface area contributed by atoms with Gasteiger partial charge in [-0.3, -0.25) is 9.48 Å². The van der Waals surface area contributed by atoms with Crippen LogP contribution >= 0.6 is 15.9 Å². The molecule has 0 amide bonds. The van der Waals surface area contributed by atoms with Gasteiger partial charge in [0.15, 0.2) is 4.60 Å². The summed E-state index contributed by atoms with van der Waals surface area (Å²) in [4.78, 5) is 11.3. The number of nitrogens with zero attached hydrogens (tertiary/aromatic N) is 5. The number of aryl methyl sites for hydroxylation is 2. The largest absolute Gasteiger partial charge is 0.480 e. The molecule has 0 spiro atoms. The molecule has 10 nitrogen and oxygen atoms in total. The molecular weight excluding hydrogens is 368 g/mol. The van der Waals surface area contributed by atoms with E-state index in [0.717, 1.165) is 4.68 Å². The van der Waals surface area contributed by atoms with Crippen molar-refractivity contribution in [2.24, 2.45) is 14.1 Å². The number of carbonyl (C=O) groups is 1. The first-order valence-electron chi connectivity index (χ1n) is 5.51. The van der Waals surface area contributed by atoms with Gasteiger partial charge in [-0.15, -0.1) is 5.10 Å². The molecule has 2 heterocycles. The molecule has 2 N–H and O–H groups in total. The van der Waals surface area contributed by atoms with E-state index >= 15 is 0 Å². The first kappa shape index (κ1) is 15.6. The van der Waals surface area contributed by atoms with Crippen molar-refractivity contribution in [2.45, 2.75) is 11.1 Å². The highest BCUT2D eigenvalue weighted by atomic mass is 79.9. The van der Waals surface area contributed by atoms with Crippen LogP contribution in [0.25, 0.3) is 0 Å². The van der Waals surface area contributed by atoms with Crippen molar-refractivity contribution >= 4 is 31.9 Å². The van der Waals surface area contributed by atoms with Crippen molar-refractivity contribution in [3.05, 3.63) is 22.6 Å². The van der Waals surface area contributed by atoms with E-state index in [1.54, 1.807) is 7.05 Å². The highest BCUT2D eigenvalue weighted by Gasteiger charge is 2.31. The van der Waals surface area contributed by atoms with E-state index in [-0.39, 0.29) is 15.2 Å². The lowest BCUT2D eigenvalue weighted by Crippen LogP contribution is -2.34. The molecule has 114 valence electrons. The summed E-state index contributed by atoms with van der Waals surface area (Å²) in [5.41, 5.74) is 0.208. The molecule has 1 atom stereocenters. The molecule has 1 unspecified atom stereocenters. The van der Waals surface area contributed by atoms with Gasteiger partial charge in [-0.2, -0.15) is 9.82 Å². The maximum Gasteiger partial charge on any atom is 0.326 e. The van der Waals surface area contributed by atoms with E-state index in [9.17, 15) is 18.3 Å². The molecule has 0 aliphatic rings. The molecule has 0 aromatic carbocycles. The quantitative estimate of drug-likeness (QED) is 0.710. The van der Waals surface area contributed by atoms with Crippen molar-refractivity contribution in [3.63, 3.8) is 0 Å². The van der Waals surface area contributed by atoms with Gasteiger partial charge in [0, 0.05) is 25.9 Å². The summed E-state index contributed by atoms with van der Waals surface area (Å²) in [5, 5.41) is 19.9. The third-order valence-electron chi connectivity index (χ3n) is 2.57. The second-order valence-corrected chi connectivity index (χ2v) is 6.53. The Hall–Kier alpha value is -1.79. The van der Waals surface area contributed by atoms with Crippen LogP contribution in [0, 0.1) is 0 Å². The summed E-state index contributed by atoms with van der Waals surface area (Å²) in [7, 11) is -1.16. The van der Waals surface area contributed by atoms with Crippen LogP contribution in [0.4, 0.5) is 0 Å². The maximum absolute atomic E-state index is 12.3. The number of aliphatic carboxylic acids is 1. The number of nitrogens with one attached hydrogen (secondary N) is 1. The maximum atomic E-state index is 12.3. The van der Waals surface area contributed by atoms with Gasteiger partial charge in [-0.1, -0.05) is 5.21 Å². The highest BCUT2D eigenvalue weighted by Crippen LogP contribution is 2.21. The topological polar surface area (TPSA) is 132 Å². The van der Waals surface area contributed by atoms with Crippen molar-refractivity contribution in [1.29, 1.82) is 0 Å². The molecule has 0 fully saturated rings. The number of sulfonamides is 1. The van der Waals surface area contributed by atoms with E-state index in [2.05, 4.69) is 36.1 Å². The fourth-order valence-corrected chi connectivity index (χ4v) is 3.94. The van der Waals surface area contributed by atoms with Gasteiger partial charge < -0.3 is 5.11 Å². The first-order valence-corrected chi connectivity index (χ1v) is 7.79. The molecule has 2 aromatic rings. The normalized spacial score (nSPS) is 13.3. The lowest BCUT2D eigenvalue weighted by atomic mass is 10.2. The van der Waals surface area contributed by atoms with Crippen molar-refractivity contribution in [1.82, 2.24) is 29.5 Å². The SMILES string of the molecule is Cn1cc(C(NS(=O)(=O)c2c(Br)nnn2C)C(=O)O)cn1. The van der Waals surface area contributed by atoms with Crippen molar-refractivity contribution in [2.75, 3.05) is 0 Å². The van der Waals surface area contributed by atoms with Gasteiger partial charge in [0.25, 0.3) is 10.0 Å². The Labute approximate surface area is 127 Å². The predicted octanol–water partition coefficient (Wildman–Crippen LogP) is -0.585. The van der Waals surface area contributed by atoms with E-state index in [1.807, 2.05) is 0 Å². The van der Waals surface area contributed by atoms with Crippen molar-refractivity contribution < 1.29 is 18.3 Å². The molecular formula is C9H11BrN6O4S. The Bertz CT molecular complexity index is 763. The summed E-state index contributed by atoms with van der Waals surface area (Å²) in [6.45, 7) is 0.